The molecule has 25 heavy (non-hydrogen) atoms. The average Bonchev–Trinajstić information content (AvgIpc) is 2.52. The molecule has 1 radical (unpaired) electrons. The van der Waals surface area contributed by atoms with E-state index in [1.54, 1.807) is 36.4 Å². The molecule has 11 heteroatoms. The third kappa shape index (κ3) is 10.3. The number of amides is 1. The first-order valence-corrected chi connectivity index (χ1v) is 7.74. The van der Waals surface area contributed by atoms with E-state index in [1.165, 1.54) is 6.92 Å². The fourth-order valence-corrected chi connectivity index (χ4v) is 1.92. The molecule has 0 aliphatic heterocycles. The van der Waals surface area contributed by atoms with Gasteiger partial charge < -0.3 is 5.43 Å². The van der Waals surface area contributed by atoms with Crippen molar-refractivity contribution in [2.45, 2.75) is 6.92 Å². The van der Waals surface area contributed by atoms with Gasteiger partial charge in [-0.2, -0.15) is 0 Å². The molecule has 2 aromatic rings. The van der Waals surface area contributed by atoms with E-state index in [-0.39, 0.29) is 36.9 Å². The number of rotatable bonds is 3. The van der Waals surface area contributed by atoms with Crippen molar-refractivity contribution in [3.63, 3.8) is 0 Å². The summed E-state index contributed by atoms with van der Waals surface area (Å²) in [6.07, 6.45) is 0. The van der Waals surface area contributed by atoms with Gasteiger partial charge in [0.2, 0.25) is 5.91 Å². The summed E-state index contributed by atoms with van der Waals surface area (Å²) in [5, 5.41) is 1.95. The SMILES string of the molecule is CC(=O)NNc1ccc(Cl)c(Cl)c1.Cl.NNc1ccc(Cl)c(Cl)c1.[V]. The van der Waals surface area contributed by atoms with Crippen LogP contribution in [0.3, 0.4) is 0 Å². The van der Waals surface area contributed by atoms with Gasteiger partial charge in [0.05, 0.1) is 31.5 Å². The Morgan fingerprint density at radius 2 is 1.32 bits per heavy atom. The smallest absolute Gasteiger partial charge is 0.235 e. The monoisotopic (exact) mass is 481 g/mol. The average molecular weight is 484 g/mol. The molecular formula is C14H15Cl5N4OV. The molecular weight excluding hydrogens is 468 g/mol. The van der Waals surface area contributed by atoms with Crippen molar-refractivity contribution in [2.24, 2.45) is 5.84 Å². The number of carbonyl (C=O) groups is 1. The van der Waals surface area contributed by atoms with Crippen LogP contribution in [0.2, 0.25) is 20.1 Å². The molecule has 0 bridgehead atoms. The third-order valence-electron chi connectivity index (χ3n) is 2.39. The number of nitrogens with two attached hydrogens (primary N) is 1. The Balaban J connectivity index is 0. The zero-order valence-corrected chi connectivity index (χ0v) is 18.1. The number of nitrogen functional groups attached to an aromatic ring is 1. The molecule has 0 spiro atoms. The summed E-state index contributed by atoms with van der Waals surface area (Å²) >= 11 is 22.7. The van der Waals surface area contributed by atoms with Gasteiger partial charge in [-0.05, 0) is 36.4 Å². The van der Waals surface area contributed by atoms with Crippen LogP contribution in [0.5, 0.6) is 0 Å². The van der Waals surface area contributed by atoms with Gasteiger partial charge in [-0.25, -0.2) is 0 Å². The van der Waals surface area contributed by atoms with Gasteiger partial charge in [-0.1, -0.05) is 46.4 Å². The molecule has 5 nitrogen and oxygen atoms in total. The minimum atomic E-state index is -0.175. The van der Waals surface area contributed by atoms with Crippen molar-refractivity contribution in [3.05, 3.63) is 56.5 Å². The molecule has 0 saturated carbocycles. The first-order valence-electron chi connectivity index (χ1n) is 6.22. The Kier molecular flexibility index (Phi) is 14.6. The molecule has 137 valence electrons. The molecule has 1 amide bonds. The summed E-state index contributed by atoms with van der Waals surface area (Å²) in [6.45, 7) is 1.41. The summed E-state index contributed by atoms with van der Waals surface area (Å²) in [7, 11) is 0. The van der Waals surface area contributed by atoms with E-state index in [0.29, 0.717) is 25.8 Å². The maximum atomic E-state index is 10.5. The maximum Gasteiger partial charge on any atom is 0.235 e. The van der Waals surface area contributed by atoms with Crippen LogP contribution in [-0.4, -0.2) is 5.91 Å². The van der Waals surface area contributed by atoms with Gasteiger partial charge in [0, 0.05) is 25.5 Å². The molecule has 0 aromatic heterocycles. The first-order chi connectivity index (χ1) is 10.8. The van der Waals surface area contributed by atoms with Crippen LogP contribution in [0.1, 0.15) is 6.92 Å². The van der Waals surface area contributed by atoms with Crippen molar-refractivity contribution in [3.8, 4) is 0 Å². The number of benzene rings is 2. The molecule has 5 N–H and O–H groups in total. The van der Waals surface area contributed by atoms with E-state index in [9.17, 15) is 4.79 Å². The Labute approximate surface area is 184 Å². The topological polar surface area (TPSA) is 79.2 Å². The Morgan fingerprint density at radius 1 is 0.880 bits per heavy atom. The number of hydrogen-bond acceptors (Lipinski definition) is 4. The second kappa shape index (κ2) is 13.7. The number of halogens is 5. The number of nitrogens with one attached hydrogen (secondary N) is 3. The van der Waals surface area contributed by atoms with Crippen LogP contribution < -0.4 is 22.1 Å². The Hall–Kier alpha value is -0.496. The van der Waals surface area contributed by atoms with E-state index in [0.717, 1.165) is 5.69 Å². The molecule has 0 fully saturated rings. The van der Waals surface area contributed by atoms with Crippen molar-refractivity contribution < 1.29 is 23.4 Å². The molecule has 0 aliphatic rings. The number of hydrogen-bond donors (Lipinski definition) is 4. The summed E-state index contributed by atoms with van der Waals surface area (Å²) in [5.74, 6) is 4.94. The van der Waals surface area contributed by atoms with Crippen LogP contribution in [0.4, 0.5) is 11.4 Å². The largest absolute Gasteiger partial charge is 0.324 e. The van der Waals surface area contributed by atoms with Crippen molar-refractivity contribution >= 4 is 76.1 Å². The van der Waals surface area contributed by atoms with Crippen LogP contribution in [0.15, 0.2) is 36.4 Å². The maximum absolute atomic E-state index is 10.5. The molecule has 0 atom stereocenters. The van der Waals surface area contributed by atoms with Crippen LogP contribution in [0, 0.1) is 0 Å². The van der Waals surface area contributed by atoms with Crippen LogP contribution in [-0.2, 0) is 23.4 Å². The van der Waals surface area contributed by atoms with E-state index in [1.807, 2.05) is 0 Å². The molecule has 2 rings (SSSR count). The fourth-order valence-electron chi connectivity index (χ4n) is 1.32. The second-order valence-electron chi connectivity index (χ2n) is 4.21. The van der Waals surface area contributed by atoms with Crippen LogP contribution in [0.25, 0.3) is 0 Å². The number of carbonyl (C=O) groups excluding carboxylic acids is 1. The first kappa shape index (κ1) is 26.7. The standard InChI is InChI=1S/C8H8Cl2N2O.C6H6Cl2N2.ClH.V/c1-5(13)11-12-6-2-3-7(9)8(10)4-6;7-5-2-1-4(10-9)3-6(5)8;;/h2-4,12H,1H3,(H,11,13);1-3,10H,9H2;1H;. The quantitative estimate of drug-likeness (QED) is 0.360. The van der Waals surface area contributed by atoms with Crippen LogP contribution >= 0.6 is 58.8 Å². The number of hydrazine groups is 2. The zero-order chi connectivity index (χ0) is 17.4. The zero-order valence-electron chi connectivity index (χ0n) is 12.8. The minimum absolute atomic E-state index is 0. The summed E-state index contributed by atoms with van der Waals surface area (Å²) in [6, 6.07) is 10.1. The molecule has 0 saturated heterocycles. The predicted molar refractivity (Wildman–Crippen MR) is 105 cm³/mol. The van der Waals surface area contributed by atoms with Crippen molar-refractivity contribution in [1.29, 1.82) is 0 Å². The van der Waals surface area contributed by atoms with Gasteiger partial charge in [0.25, 0.3) is 0 Å². The fraction of sp³-hybridized carbons (Fsp3) is 0.0714. The van der Waals surface area contributed by atoms with Gasteiger partial charge in [0.1, 0.15) is 0 Å². The van der Waals surface area contributed by atoms with Gasteiger partial charge in [-0.15, -0.1) is 12.4 Å². The predicted octanol–water partition coefficient (Wildman–Crippen LogP) is 5.15. The number of anilines is 2. The van der Waals surface area contributed by atoms with E-state index >= 15 is 0 Å². The molecule has 0 heterocycles. The van der Waals surface area contributed by atoms with E-state index in [2.05, 4.69) is 16.3 Å². The normalized spacial score (nSPS) is 8.72. The van der Waals surface area contributed by atoms with E-state index in [4.69, 9.17) is 52.2 Å². The Morgan fingerprint density at radius 3 is 1.72 bits per heavy atom. The third-order valence-corrected chi connectivity index (χ3v) is 3.87. The van der Waals surface area contributed by atoms with Crippen molar-refractivity contribution in [1.82, 2.24) is 5.43 Å². The molecule has 0 unspecified atom stereocenters. The van der Waals surface area contributed by atoms with Gasteiger partial charge in [-0.3, -0.25) is 21.5 Å². The summed E-state index contributed by atoms with van der Waals surface area (Å²) in [4.78, 5) is 10.5. The van der Waals surface area contributed by atoms with Gasteiger partial charge >= 0.3 is 0 Å². The summed E-state index contributed by atoms with van der Waals surface area (Å²) < 4.78 is 0. The minimum Gasteiger partial charge on any atom is -0.324 e. The Bertz CT molecular complexity index is 690. The molecule has 2 aromatic carbocycles. The summed E-state index contributed by atoms with van der Waals surface area (Å²) in [5.41, 5.74) is 8.97. The second-order valence-corrected chi connectivity index (χ2v) is 5.84. The van der Waals surface area contributed by atoms with E-state index < -0.39 is 0 Å². The van der Waals surface area contributed by atoms with Crippen molar-refractivity contribution in [2.75, 3.05) is 10.9 Å². The molecule has 0 aliphatic carbocycles. The van der Waals surface area contributed by atoms with Gasteiger partial charge in [0.15, 0.2) is 0 Å².